The summed E-state index contributed by atoms with van der Waals surface area (Å²) in [6.45, 7) is 7.20. The summed E-state index contributed by atoms with van der Waals surface area (Å²) in [5.74, 6) is 0.707. The van der Waals surface area contributed by atoms with Crippen LogP contribution in [-0.4, -0.2) is 15.0 Å². The first-order valence-corrected chi connectivity index (χ1v) is 6.99. The minimum absolute atomic E-state index is 0.0105. The zero-order valence-electron chi connectivity index (χ0n) is 10.3. The van der Waals surface area contributed by atoms with Gasteiger partial charge in [-0.15, -0.1) is 0 Å². The molecule has 0 atom stereocenters. The van der Waals surface area contributed by atoms with Crippen LogP contribution in [0, 0.1) is 5.92 Å². The second-order valence-electron chi connectivity index (χ2n) is 5.46. The Labute approximate surface area is 110 Å². The van der Waals surface area contributed by atoms with Crippen molar-refractivity contribution in [2.75, 3.05) is 0 Å². The molecular formula is C11H17N3OS2. The number of nitrogens with zero attached hydrogens (tertiary/aromatic N) is 3. The van der Waals surface area contributed by atoms with Gasteiger partial charge in [0.2, 0.25) is 4.80 Å². The molecule has 4 nitrogen and oxygen atoms in total. The average molecular weight is 271 g/mol. The van der Waals surface area contributed by atoms with E-state index in [0.717, 1.165) is 11.6 Å². The Bertz CT molecular complexity index is 492. The first-order valence-electron chi connectivity index (χ1n) is 5.72. The Morgan fingerprint density at radius 1 is 1.59 bits per heavy atom. The summed E-state index contributed by atoms with van der Waals surface area (Å²) in [6, 6.07) is 0. The van der Waals surface area contributed by atoms with E-state index in [-0.39, 0.29) is 5.41 Å². The maximum Gasteiger partial charge on any atom is 0.304 e. The van der Waals surface area contributed by atoms with Gasteiger partial charge >= 0.3 is 5.24 Å². The Balaban J connectivity index is 2.39. The summed E-state index contributed by atoms with van der Waals surface area (Å²) in [4.78, 5) is 15.6. The Morgan fingerprint density at radius 3 is 2.71 bits per heavy atom. The fourth-order valence-electron chi connectivity index (χ4n) is 1.44. The zero-order valence-corrected chi connectivity index (χ0v) is 12.0. The molecule has 0 radical (unpaired) electrons. The second kappa shape index (κ2) is 4.57. The van der Waals surface area contributed by atoms with Crippen LogP contribution in [-0.2, 0) is 12.0 Å². The van der Waals surface area contributed by atoms with Gasteiger partial charge in [-0.05, 0) is 18.8 Å². The molecule has 1 heterocycles. The number of aromatic nitrogens is 2. The molecular weight excluding hydrogens is 254 g/mol. The Kier molecular flexibility index (Phi) is 3.45. The van der Waals surface area contributed by atoms with Gasteiger partial charge in [0.05, 0.1) is 0 Å². The lowest BCUT2D eigenvalue weighted by Crippen LogP contribution is -2.19. The van der Waals surface area contributed by atoms with Crippen molar-refractivity contribution in [1.82, 2.24) is 9.78 Å². The van der Waals surface area contributed by atoms with Gasteiger partial charge in [0.25, 0.3) is 0 Å². The first kappa shape index (κ1) is 12.8. The van der Waals surface area contributed by atoms with Gasteiger partial charge in [-0.3, -0.25) is 4.79 Å². The monoisotopic (exact) mass is 271 g/mol. The van der Waals surface area contributed by atoms with Crippen molar-refractivity contribution in [2.24, 2.45) is 10.9 Å². The molecule has 0 aliphatic heterocycles. The third kappa shape index (κ3) is 3.42. The molecule has 0 unspecified atom stereocenters. The summed E-state index contributed by atoms with van der Waals surface area (Å²) < 4.78 is 1.86. The average Bonchev–Trinajstić information content (AvgIpc) is 2.87. The Hall–Kier alpha value is -0.620. The number of hydrogen-bond donors (Lipinski definition) is 1. The van der Waals surface area contributed by atoms with E-state index in [1.165, 1.54) is 24.2 Å². The fraction of sp³-hybridized carbons (Fsp3) is 0.727. The van der Waals surface area contributed by atoms with Crippen LogP contribution in [0.2, 0.25) is 0 Å². The molecule has 0 aromatic carbocycles. The third-order valence-electron chi connectivity index (χ3n) is 2.58. The van der Waals surface area contributed by atoms with Crippen LogP contribution in [0.1, 0.15) is 38.6 Å². The van der Waals surface area contributed by atoms with Crippen LogP contribution in [0.4, 0.5) is 4.79 Å². The van der Waals surface area contributed by atoms with E-state index in [2.05, 4.69) is 43.5 Å². The third-order valence-corrected chi connectivity index (χ3v) is 4.05. The number of rotatable bonds is 2. The highest BCUT2D eigenvalue weighted by Crippen LogP contribution is 2.30. The number of hydrogen-bond acceptors (Lipinski definition) is 3. The number of thiol groups is 1. The zero-order chi connectivity index (χ0) is 12.6. The molecule has 2 rings (SSSR count). The van der Waals surface area contributed by atoms with E-state index in [1.54, 1.807) is 0 Å². The lowest BCUT2D eigenvalue weighted by molar-refractivity contribution is 0.267. The maximum atomic E-state index is 11.0. The highest BCUT2D eigenvalue weighted by molar-refractivity contribution is 7.96. The van der Waals surface area contributed by atoms with Gasteiger partial charge in [-0.2, -0.15) is 10.1 Å². The summed E-state index contributed by atoms with van der Waals surface area (Å²) in [6.07, 6.45) is 2.51. The number of carbonyl (C=O) groups excluding carboxylic acids is 1. The van der Waals surface area contributed by atoms with Crippen molar-refractivity contribution in [3.8, 4) is 0 Å². The van der Waals surface area contributed by atoms with Gasteiger partial charge in [0.15, 0.2) is 0 Å². The van der Waals surface area contributed by atoms with Crippen molar-refractivity contribution in [3.63, 3.8) is 0 Å². The van der Waals surface area contributed by atoms with Crippen LogP contribution in [0.25, 0.3) is 0 Å². The van der Waals surface area contributed by atoms with E-state index in [0.29, 0.717) is 10.7 Å². The van der Waals surface area contributed by atoms with Crippen molar-refractivity contribution in [3.05, 3.63) is 9.81 Å². The largest absolute Gasteiger partial charge is 0.304 e. The quantitative estimate of drug-likeness (QED) is 0.840. The number of carbonyl (C=O) groups is 1. The molecule has 1 aliphatic carbocycles. The molecule has 1 aliphatic rings. The van der Waals surface area contributed by atoms with Crippen molar-refractivity contribution in [1.29, 1.82) is 0 Å². The summed E-state index contributed by atoms with van der Waals surface area (Å²) in [5.41, 5.74) is -0.0105. The molecule has 1 aromatic rings. The van der Waals surface area contributed by atoms with Crippen molar-refractivity contribution in [2.45, 2.75) is 45.6 Å². The molecule has 0 bridgehead atoms. The highest BCUT2D eigenvalue weighted by Gasteiger charge is 2.25. The van der Waals surface area contributed by atoms with E-state index in [9.17, 15) is 4.79 Å². The van der Waals surface area contributed by atoms with Gasteiger partial charge in [0.1, 0.15) is 5.01 Å². The SMILES string of the molecule is CC(C)(C)c1nn(CC2CC2)c(=NC(=O)S)s1. The van der Waals surface area contributed by atoms with Gasteiger partial charge in [0, 0.05) is 12.0 Å². The van der Waals surface area contributed by atoms with Crippen LogP contribution in [0.3, 0.4) is 0 Å². The van der Waals surface area contributed by atoms with Crippen LogP contribution >= 0.6 is 24.0 Å². The van der Waals surface area contributed by atoms with Crippen molar-refractivity contribution < 1.29 is 4.79 Å². The standard InChI is InChI=1S/C11H17N3OS2/c1-11(2,3)8-13-14(6-7-4-5-7)9(17-8)12-10(15)16/h7H,4-6H2,1-3H3,(H,15,16). The summed E-state index contributed by atoms with van der Waals surface area (Å²) in [5, 5.41) is 5.12. The predicted octanol–water partition coefficient (Wildman–Crippen LogP) is 2.60. The second-order valence-corrected chi connectivity index (χ2v) is 6.80. The van der Waals surface area contributed by atoms with Crippen LogP contribution in [0.5, 0.6) is 0 Å². The molecule has 94 valence electrons. The molecule has 1 amide bonds. The van der Waals surface area contributed by atoms with E-state index < -0.39 is 5.24 Å². The van der Waals surface area contributed by atoms with Crippen LogP contribution < -0.4 is 4.80 Å². The van der Waals surface area contributed by atoms with Crippen molar-refractivity contribution >= 4 is 29.2 Å². The molecule has 17 heavy (non-hydrogen) atoms. The lowest BCUT2D eigenvalue weighted by atomic mass is 9.98. The van der Waals surface area contributed by atoms with Gasteiger partial charge in [-0.1, -0.05) is 44.7 Å². The molecule has 0 spiro atoms. The minimum Gasteiger partial charge on any atom is -0.260 e. The van der Waals surface area contributed by atoms with E-state index >= 15 is 0 Å². The van der Waals surface area contributed by atoms with Gasteiger partial charge in [-0.25, -0.2) is 4.68 Å². The maximum absolute atomic E-state index is 11.0. The van der Waals surface area contributed by atoms with E-state index in [4.69, 9.17) is 0 Å². The normalized spacial score (nSPS) is 17.5. The molecule has 1 saturated carbocycles. The van der Waals surface area contributed by atoms with Crippen LogP contribution in [0.15, 0.2) is 4.99 Å². The fourth-order valence-corrected chi connectivity index (χ4v) is 2.57. The number of amides is 1. The lowest BCUT2D eigenvalue weighted by Gasteiger charge is -2.12. The topological polar surface area (TPSA) is 47.2 Å². The molecule has 0 saturated heterocycles. The summed E-state index contributed by atoms with van der Waals surface area (Å²) >= 11 is 5.18. The molecule has 1 aromatic heterocycles. The van der Waals surface area contributed by atoms with E-state index in [1.807, 2.05) is 4.68 Å². The Morgan fingerprint density at radius 2 is 2.24 bits per heavy atom. The first-order chi connectivity index (χ1) is 7.86. The predicted molar refractivity (Wildman–Crippen MR) is 71.5 cm³/mol. The minimum atomic E-state index is -0.460. The highest BCUT2D eigenvalue weighted by atomic mass is 32.1. The summed E-state index contributed by atoms with van der Waals surface area (Å²) in [7, 11) is 0. The molecule has 0 N–H and O–H groups in total. The van der Waals surface area contributed by atoms with Gasteiger partial charge < -0.3 is 0 Å². The molecule has 6 heteroatoms. The smallest absolute Gasteiger partial charge is 0.260 e. The molecule has 1 fully saturated rings.